The third kappa shape index (κ3) is 5.17. The van der Waals surface area contributed by atoms with Crippen molar-refractivity contribution < 1.29 is 23.9 Å². The second-order valence-electron chi connectivity index (χ2n) is 8.68. The summed E-state index contributed by atoms with van der Waals surface area (Å²) in [5.41, 5.74) is 0.888. The summed E-state index contributed by atoms with van der Waals surface area (Å²) in [6.07, 6.45) is 2.19. The lowest BCUT2D eigenvalue weighted by Gasteiger charge is -2.33. The molecular formula is C25H24Cl2N2O5. The monoisotopic (exact) mass is 502 g/mol. The third-order valence-corrected chi connectivity index (χ3v) is 7.06. The summed E-state index contributed by atoms with van der Waals surface area (Å²) in [5.74, 6) is -0.973. The van der Waals surface area contributed by atoms with Crippen LogP contribution >= 0.6 is 23.2 Å². The van der Waals surface area contributed by atoms with Crippen molar-refractivity contribution in [3.05, 3.63) is 63.6 Å². The Kier molecular flexibility index (Phi) is 7.36. The van der Waals surface area contributed by atoms with Gasteiger partial charge in [-0.25, -0.2) is 9.69 Å². The number of rotatable bonds is 6. The first-order chi connectivity index (χ1) is 16.2. The van der Waals surface area contributed by atoms with Gasteiger partial charge in [0.15, 0.2) is 12.4 Å². The molecule has 2 aliphatic rings. The van der Waals surface area contributed by atoms with E-state index in [4.69, 9.17) is 27.9 Å². The molecule has 0 aliphatic carbocycles. The van der Waals surface area contributed by atoms with E-state index in [0.717, 1.165) is 25.9 Å². The van der Waals surface area contributed by atoms with Crippen LogP contribution in [0, 0.1) is 5.92 Å². The standard InChI is InChI=1S/C25H24Cl2N2O5/c1-15-8-10-28(11-9-15)21-13-23(31)29(24(21)32)18-5-2-16(3-6-18)25(33)34-14-22(30)17-4-7-19(26)20(27)12-17/h2-7,12,15,21H,8-11,13-14H2,1H3. The van der Waals surface area contributed by atoms with E-state index in [-0.39, 0.29) is 34.4 Å². The van der Waals surface area contributed by atoms with E-state index in [0.29, 0.717) is 16.6 Å². The Morgan fingerprint density at radius 1 is 0.971 bits per heavy atom. The highest BCUT2D eigenvalue weighted by atomic mass is 35.5. The molecule has 2 aliphatic heterocycles. The van der Waals surface area contributed by atoms with Gasteiger partial charge in [0.2, 0.25) is 5.91 Å². The number of Topliss-reactive ketones (excluding diaryl/α,β-unsaturated/α-hetero) is 1. The van der Waals surface area contributed by atoms with E-state index >= 15 is 0 Å². The Hall–Kier alpha value is -2.74. The van der Waals surface area contributed by atoms with Gasteiger partial charge in [0.05, 0.1) is 33.8 Å². The van der Waals surface area contributed by atoms with Crippen LogP contribution in [0.25, 0.3) is 0 Å². The maximum Gasteiger partial charge on any atom is 0.338 e. The number of halogens is 2. The number of anilines is 1. The maximum atomic E-state index is 13.0. The number of ketones is 1. The van der Waals surface area contributed by atoms with Crippen molar-refractivity contribution in [2.45, 2.75) is 32.2 Å². The van der Waals surface area contributed by atoms with Crippen LogP contribution in [0.4, 0.5) is 5.69 Å². The smallest absolute Gasteiger partial charge is 0.338 e. The van der Waals surface area contributed by atoms with Gasteiger partial charge in [0, 0.05) is 5.56 Å². The molecule has 2 aromatic rings. The van der Waals surface area contributed by atoms with Crippen molar-refractivity contribution in [2.75, 3.05) is 24.6 Å². The Bertz CT molecular complexity index is 1130. The van der Waals surface area contributed by atoms with Gasteiger partial charge in [0.25, 0.3) is 5.91 Å². The molecule has 0 aromatic heterocycles. The van der Waals surface area contributed by atoms with Crippen LogP contribution in [-0.2, 0) is 14.3 Å². The molecule has 2 fully saturated rings. The zero-order valence-corrected chi connectivity index (χ0v) is 20.1. The zero-order chi connectivity index (χ0) is 24.4. The van der Waals surface area contributed by atoms with Gasteiger partial charge in [-0.2, -0.15) is 0 Å². The van der Waals surface area contributed by atoms with Crippen molar-refractivity contribution in [3.63, 3.8) is 0 Å². The fourth-order valence-corrected chi connectivity index (χ4v) is 4.52. The lowest BCUT2D eigenvalue weighted by molar-refractivity contribution is -0.123. The second kappa shape index (κ2) is 10.3. The number of esters is 1. The van der Waals surface area contributed by atoms with Crippen molar-refractivity contribution in [3.8, 4) is 0 Å². The van der Waals surface area contributed by atoms with Crippen LogP contribution in [-0.4, -0.2) is 54.2 Å². The van der Waals surface area contributed by atoms with Gasteiger partial charge in [0.1, 0.15) is 0 Å². The highest BCUT2D eigenvalue weighted by Crippen LogP contribution is 2.29. The minimum absolute atomic E-state index is 0.161. The summed E-state index contributed by atoms with van der Waals surface area (Å²) in [4.78, 5) is 53.5. The van der Waals surface area contributed by atoms with Gasteiger partial charge in [-0.3, -0.25) is 19.3 Å². The molecule has 0 saturated carbocycles. The molecule has 1 atom stereocenters. The van der Waals surface area contributed by atoms with Gasteiger partial charge < -0.3 is 4.74 Å². The molecule has 1 unspecified atom stereocenters. The molecule has 7 nitrogen and oxygen atoms in total. The SMILES string of the molecule is CC1CCN(C2CC(=O)N(c3ccc(C(=O)OCC(=O)c4ccc(Cl)c(Cl)c4)cc3)C2=O)CC1. The van der Waals surface area contributed by atoms with Gasteiger partial charge in [-0.15, -0.1) is 0 Å². The predicted molar refractivity (Wildman–Crippen MR) is 128 cm³/mol. The molecule has 0 bridgehead atoms. The minimum atomic E-state index is -0.695. The number of nitrogens with zero attached hydrogens (tertiary/aromatic N) is 2. The van der Waals surface area contributed by atoms with Crippen LogP contribution in [0.5, 0.6) is 0 Å². The summed E-state index contributed by atoms with van der Waals surface area (Å²) >= 11 is 11.8. The first-order valence-corrected chi connectivity index (χ1v) is 11.9. The molecule has 0 N–H and O–H groups in total. The molecule has 2 amide bonds. The van der Waals surface area contributed by atoms with E-state index in [1.54, 1.807) is 0 Å². The van der Waals surface area contributed by atoms with E-state index in [1.165, 1.54) is 47.4 Å². The van der Waals surface area contributed by atoms with Crippen LogP contribution in [0.3, 0.4) is 0 Å². The van der Waals surface area contributed by atoms with E-state index in [9.17, 15) is 19.2 Å². The number of amides is 2. The van der Waals surface area contributed by atoms with Crippen molar-refractivity contribution in [2.24, 2.45) is 5.92 Å². The fraction of sp³-hybridized carbons (Fsp3) is 0.360. The summed E-state index contributed by atoms with van der Waals surface area (Å²) in [6.45, 7) is 3.35. The summed E-state index contributed by atoms with van der Waals surface area (Å²) in [6, 6.07) is 9.99. The van der Waals surface area contributed by atoms with E-state index in [1.807, 2.05) is 0 Å². The van der Waals surface area contributed by atoms with Crippen LogP contribution in [0.2, 0.25) is 10.0 Å². The largest absolute Gasteiger partial charge is 0.454 e. The summed E-state index contributed by atoms with van der Waals surface area (Å²) in [5, 5.41) is 0.555. The number of ether oxygens (including phenoxy) is 1. The number of imide groups is 1. The zero-order valence-electron chi connectivity index (χ0n) is 18.6. The third-order valence-electron chi connectivity index (χ3n) is 6.32. The first kappa shape index (κ1) is 24.4. The highest BCUT2D eigenvalue weighted by molar-refractivity contribution is 6.42. The molecule has 0 spiro atoms. The summed E-state index contributed by atoms with van der Waals surface area (Å²) in [7, 11) is 0. The molecule has 2 aromatic carbocycles. The van der Waals surface area contributed by atoms with Crippen molar-refractivity contribution >= 4 is 52.5 Å². The first-order valence-electron chi connectivity index (χ1n) is 11.1. The van der Waals surface area contributed by atoms with Crippen LogP contribution < -0.4 is 4.90 Å². The minimum Gasteiger partial charge on any atom is -0.454 e. The Balaban J connectivity index is 1.37. The Morgan fingerprint density at radius 3 is 2.26 bits per heavy atom. The lowest BCUT2D eigenvalue weighted by Crippen LogP contribution is -2.45. The number of benzene rings is 2. The average molecular weight is 503 g/mol. The number of hydrogen-bond donors (Lipinski definition) is 0. The van der Waals surface area contributed by atoms with Gasteiger partial charge in [-0.05, 0) is 74.3 Å². The molecule has 2 saturated heterocycles. The highest BCUT2D eigenvalue weighted by Gasteiger charge is 2.43. The second-order valence-corrected chi connectivity index (χ2v) is 9.50. The topological polar surface area (TPSA) is 84.0 Å². The van der Waals surface area contributed by atoms with Crippen molar-refractivity contribution in [1.29, 1.82) is 0 Å². The fourth-order valence-electron chi connectivity index (χ4n) is 4.23. The molecule has 34 heavy (non-hydrogen) atoms. The molecule has 4 rings (SSSR count). The van der Waals surface area contributed by atoms with Gasteiger partial charge >= 0.3 is 5.97 Å². The molecular weight excluding hydrogens is 479 g/mol. The molecule has 0 radical (unpaired) electrons. The normalized spacial score (nSPS) is 19.5. The quantitative estimate of drug-likeness (QED) is 0.330. The number of piperidine rings is 1. The molecule has 2 heterocycles. The molecule has 178 valence electrons. The lowest BCUT2D eigenvalue weighted by atomic mass is 9.97. The number of carbonyl (C=O) groups excluding carboxylic acids is 4. The number of hydrogen-bond acceptors (Lipinski definition) is 6. The Morgan fingerprint density at radius 2 is 1.62 bits per heavy atom. The number of likely N-dealkylation sites (tertiary alicyclic amines) is 1. The van der Waals surface area contributed by atoms with Crippen molar-refractivity contribution in [1.82, 2.24) is 4.90 Å². The van der Waals surface area contributed by atoms with Gasteiger partial charge in [-0.1, -0.05) is 30.1 Å². The Labute approximate surface area is 207 Å². The van der Waals surface area contributed by atoms with Crippen LogP contribution in [0.15, 0.2) is 42.5 Å². The van der Waals surface area contributed by atoms with E-state index < -0.39 is 24.4 Å². The molecule has 9 heteroatoms. The van der Waals surface area contributed by atoms with Crippen LogP contribution in [0.1, 0.15) is 46.9 Å². The maximum absolute atomic E-state index is 13.0. The van der Waals surface area contributed by atoms with E-state index in [2.05, 4.69) is 11.8 Å². The predicted octanol–water partition coefficient (Wildman–Crippen LogP) is 4.40. The average Bonchev–Trinajstić information content (AvgIpc) is 3.13. The number of carbonyl (C=O) groups is 4. The summed E-state index contributed by atoms with van der Waals surface area (Å²) < 4.78 is 5.11.